The van der Waals surface area contributed by atoms with E-state index in [1.54, 1.807) is 0 Å². The smallest absolute Gasteiger partial charge is 0.0997 e. The highest BCUT2D eigenvalue weighted by Gasteiger charge is 2.04. The maximum absolute atomic E-state index is 5.79. The van der Waals surface area contributed by atoms with E-state index in [-0.39, 0.29) is 6.04 Å². The summed E-state index contributed by atoms with van der Waals surface area (Å²) in [5, 5.41) is 0. The lowest BCUT2D eigenvalue weighted by molar-refractivity contribution is 0.714. The molecule has 14 heavy (non-hydrogen) atoms. The molecule has 1 atom stereocenters. The lowest BCUT2D eigenvalue weighted by Crippen LogP contribution is -2.19. The number of nitrogens with zero attached hydrogens (tertiary/aromatic N) is 2. The van der Waals surface area contributed by atoms with Gasteiger partial charge in [0.2, 0.25) is 0 Å². The molecule has 0 spiro atoms. The number of pyridine rings is 1. The Morgan fingerprint density at radius 1 is 1.50 bits per heavy atom. The number of imidazole rings is 1. The molecule has 0 radical (unpaired) electrons. The molecule has 0 aliphatic carbocycles. The normalized spacial score (nSPS) is 13.4. The van der Waals surface area contributed by atoms with Crippen molar-refractivity contribution < 1.29 is 0 Å². The molecule has 74 valence electrons. The van der Waals surface area contributed by atoms with E-state index < -0.39 is 0 Å². The third-order valence-electron chi connectivity index (χ3n) is 2.38. The summed E-state index contributed by atoms with van der Waals surface area (Å²) in [6, 6.07) is 6.41. The largest absolute Gasteiger partial charge is 0.328 e. The van der Waals surface area contributed by atoms with Crippen molar-refractivity contribution in [2.45, 2.75) is 26.3 Å². The number of fused-ring (bicyclic) bond motifs is 1. The van der Waals surface area contributed by atoms with Gasteiger partial charge in [-0.2, -0.15) is 0 Å². The Hall–Kier alpha value is -1.35. The van der Waals surface area contributed by atoms with E-state index in [1.165, 1.54) is 11.2 Å². The maximum atomic E-state index is 5.79. The number of aryl methyl sites for hydroxylation is 1. The summed E-state index contributed by atoms with van der Waals surface area (Å²) in [5.41, 5.74) is 9.24. The summed E-state index contributed by atoms with van der Waals surface area (Å²) in [5.74, 6) is 0. The molecule has 0 amide bonds. The first-order valence-electron chi connectivity index (χ1n) is 4.85. The molecule has 3 nitrogen and oxygen atoms in total. The molecule has 0 saturated carbocycles. The molecule has 0 aliphatic rings. The van der Waals surface area contributed by atoms with Crippen LogP contribution in [0.15, 0.2) is 24.5 Å². The standard InChI is InChI=1S/C11H15N3/c1-8(12)6-10-4-3-5-11-9(2)13-7-14(10)11/h3-5,7-8H,6,12H2,1-2H3. The maximum Gasteiger partial charge on any atom is 0.0997 e. The van der Waals surface area contributed by atoms with Crippen LogP contribution in [-0.4, -0.2) is 15.4 Å². The minimum Gasteiger partial charge on any atom is -0.328 e. The van der Waals surface area contributed by atoms with E-state index in [2.05, 4.69) is 27.6 Å². The molecule has 0 bridgehead atoms. The number of hydrogen-bond acceptors (Lipinski definition) is 2. The molecule has 2 aromatic rings. The number of nitrogens with two attached hydrogens (primary N) is 1. The second-order valence-electron chi connectivity index (χ2n) is 3.78. The molecule has 1 unspecified atom stereocenters. The Kier molecular flexibility index (Phi) is 2.25. The topological polar surface area (TPSA) is 43.3 Å². The fourth-order valence-corrected chi connectivity index (χ4v) is 1.70. The number of aromatic nitrogens is 2. The van der Waals surface area contributed by atoms with Gasteiger partial charge < -0.3 is 10.1 Å². The van der Waals surface area contributed by atoms with Crippen LogP contribution in [-0.2, 0) is 6.42 Å². The lowest BCUT2D eigenvalue weighted by atomic mass is 10.1. The van der Waals surface area contributed by atoms with Crippen molar-refractivity contribution in [3.05, 3.63) is 35.9 Å². The van der Waals surface area contributed by atoms with Crippen LogP contribution in [0, 0.1) is 6.92 Å². The van der Waals surface area contributed by atoms with Crippen molar-refractivity contribution in [1.82, 2.24) is 9.38 Å². The zero-order valence-electron chi connectivity index (χ0n) is 8.57. The van der Waals surface area contributed by atoms with Gasteiger partial charge in [0.05, 0.1) is 17.5 Å². The summed E-state index contributed by atoms with van der Waals surface area (Å²) in [6.07, 6.45) is 2.75. The van der Waals surface area contributed by atoms with E-state index in [4.69, 9.17) is 5.73 Å². The van der Waals surface area contributed by atoms with Crippen LogP contribution in [0.4, 0.5) is 0 Å². The van der Waals surface area contributed by atoms with E-state index in [0.717, 1.165) is 12.1 Å². The highest BCUT2D eigenvalue weighted by atomic mass is 15.0. The van der Waals surface area contributed by atoms with Gasteiger partial charge >= 0.3 is 0 Å². The Morgan fingerprint density at radius 3 is 3.00 bits per heavy atom. The van der Waals surface area contributed by atoms with E-state index in [1.807, 2.05) is 20.2 Å². The fourth-order valence-electron chi connectivity index (χ4n) is 1.70. The second kappa shape index (κ2) is 3.42. The summed E-state index contributed by atoms with van der Waals surface area (Å²) < 4.78 is 2.11. The molecule has 0 fully saturated rings. The first kappa shape index (κ1) is 9.21. The van der Waals surface area contributed by atoms with Crippen LogP contribution in [0.25, 0.3) is 5.52 Å². The van der Waals surface area contributed by atoms with Crippen molar-refractivity contribution >= 4 is 5.52 Å². The van der Waals surface area contributed by atoms with Crippen molar-refractivity contribution in [2.75, 3.05) is 0 Å². The van der Waals surface area contributed by atoms with Crippen LogP contribution in [0.2, 0.25) is 0 Å². The van der Waals surface area contributed by atoms with Crippen LogP contribution in [0.5, 0.6) is 0 Å². The van der Waals surface area contributed by atoms with Gasteiger partial charge in [-0.25, -0.2) is 4.98 Å². The Morgan fingerprint density at radius 2 is 2.29 bits per heavy atom. The summed E-state index contributed by atoms with van der Waals surface area (Å²) in [6.45, 7) is 4.04. The van der Waals surface area contributed by atoms with Gasteiger partial charge in [0.25, 0.3) is 0 Å². The monoisotopic (exact) mass is 189 g/mol. The Balaban J connectivity index is 2.54. The summed E-state index contributed by atoms with van der Waals surface area (Å²) >= 11 is 0. The zero-order valence-corrected chi connectivity index (χ0v) is 8.57. The summed E-state index contributed by atoms with van der Waals surface area (Å²) in [7, 11) is 0. The first-order chi connectivity index (χ1) is 6.68. The minimum atomic E-state index is 0.184. The predicted octanol–water partition coefficient (Wildman–Crippen LogP) is 1.53. The molecule has 2 aromatic heterocycles. The van der Waals surface area contributed by atoms with Crippen LogP contribution < -0.4 is 5.73 Å². The molecule has 2 heterocycles. The minimum absolute atomic E-state index is 0.184. The van der Waals surface area contributed by atoms with Gasteiger partial charge in [-0.1, -0.05) is 6.07 Å². The molecule has 2 rings (SSSR count). The highest BCUT2D eigenvalue weighted by molar-refractivity contribution is 5.52. The van der Waals surface area contributed by atoms with Gasteiger partial charge in [0.15, 0.2) is 0 Å². The van der Waals surface area contributed by atoms with Crippen molar-refractivity contribution in [1.29, 1.82) is 0 Å². The van der Waals surface area contributed by atoms with Gasteiger partial charge in [0, 0.05) is 18.2 Å². The molecule has 3 heteroatoms. The van der Waals surface area contributed by atoms with E-state index in [9.17, 15) is 0 Å². The van der Waals surface area contributed by atoms with E-state index in [0.29, 0.717) is 0 Å². The molecule has 0 aromatic carbocycles. The molecule has 0 aliphatic heterocycles. The van der Waals surface area contributed by atoms with Gasteiger partial charge in [0.1, 0.15) is 0 Å². The average Bonchev–Trinajstić information content (AvgIpc) is 2.49. The Labute approximate surface area is 83.6 Å². The molecular weight excluding hydrogens is 174 g/mol. The second-order valence-corrected chi connectivity index (χ2v) is 3.78. The van der Waals surface area contributed by atoms with Crippen LogP contribution in [0.3, 0.4) is 0 Å². The van der Waals surface area contributed by atoms with Gasteiger partial charge in [-0.15, -0.1) is 0 Å². The fraction of sp³-hybridized carbons (Fsp3) is 0.364. The SMILES string of the molecule is Cc1ncn2c(CC(C)N)cccc12. The van der Waals surface area contributed by atoms with E-state index >= 15 is 0 Å². The third kappa shape index (κ3) is 1.51. The average molecular weight is 189 g/mol. The van der Waals surface area contributed by atoms with Crippen LogP contribution in [0.1, 0.15) is 18.3 Å². The zero-order chi connectivity index (χ0) is 10.1. The third-order valence-corrected chi connectivity index (χ3v) is 2.38. The van der Waals surface area contributed by atoms with Crippen LogP contribution >= 0.6 is 0 Å². The van der Waals surface area contributed by atoms with Crippen molar-refractivity contribution in [3.8, 4) is 0 Å². The quantitative estimate of drug-likeness (QED) is 0.778. The van der Waals surface area contributed by atoms with Crippen molar-refractivity contribution in [2.24, 2.45) is 5.73 Å². The molecule has 2 N–H and O–H groups in total. The highest BCUT2D eigenvalue weighted by Crippen LogP contribution is 2.12. The first-order valence-corrected chi connectivity index (χ1v) is 4.85. The lowest BCUT2D eigenvalue weighted by Gasteiger charge is -2.07. The van der Waals surface area contributed by atoms with Gasteiger partial charge in [-0.3, -0.25) is 0 Å². The van der Waals surface area contributed by atoms with Crippen molar-refractivity contribution in [3.63, 3.8) is 0 Å². The summed E-state index contributed by atoms with van der Waals surface area (Å²) in [4.78, 5) is 4.29. The number of rotatable bonds is 2. The predicted molar refractivity (Wildman–Crippen MR) is 57.3 cm³/mol. The molecule has 0 saturated heterocycles. The molecular formula is C11H15N3. The number of hydrogen-bond donors (Lipinski definition) is 1. The van der Waals surface area contributed by atoms with Gasteiger partial charge in [-0.05, 0) is 26.0 Å². The Bertz CT molecular complexity index is 443.